The molecule has 0 bridgehead atoms. The minimum Gasteiger partial charge on any atom is -0.447 e. The fourth-order valence-electron chi connectivity index (χ4n) is 4.94. The summed E-state index contributed by atoms with van der Waals surface area (Å²) in [5.74, 6) is 0.00465. The summed E-state index contributed by atoms with van der Waals surface area (Å²) in [7, 11) is 0. The molecule has 42 heavy (non-hydrogen) atoms. The fourth-order valence-corrected chi connectivity index (χ4v) is 4.94. The summed E-state index contributed by atoms with van der Waals surface area (Å²) < 4.78 is 14.3. The molecule has 3 aliphatic rings. The fraction of sp³-hybridized carbons (Fsp3) is 0.360. The molecular formula is C25H26N10O7. The lowest BCUT2D eigenvalue weighted by Gasteiger charge is -2.18. The third kappa shape index (κ3) is 4.83. The number of aromatic nitrogens is 8. The summed E-state index contributed by atoms with van der Waals surface area (Å²) in [5.41, 5.74) is 7.08. The molecule has 0 radical (unpaired) electrons. The number of H-pyrrole nitrogens is 2. The van der Waals surface area contributed by atoms with Crippen molar-refractivity contribution in [1.29, 1.82) is 0 Å². The maximum Gasteiger partial charge on any atom is 0.407 e. The number of ether oxygens (including phenoxy) is 2. The summed E-state index contributed by atoms with van der Waals surface area (Å²) in [6.07, 6.45) is -1.80. The molecule has 0 unspecified atom stereocenters. The first-order chi connectivity index (χ1) is 20.1. The number of anilines is 1. The maximum absolute atomic E-state index is 12.5. The zero-order valence-electron chi connectivity index (χ0n) is 22.4. The van der Waals surface area contributed by atoms with Crippen molar-refractivity contribution in [3.05, 3.63) is 60.8 Å². The number of alkyl carbamates (subject to hydrolysis) is 1. The molecule has 3 aromatic rings. The van der Waals surface area contributed by atoms with Crippen molar-refractivity contribution in [1.82, 2.24) is 44.4 Å². The zero-order chi connectivity index (χ0) is 29.7. The molecule has 1 fully saturated rings. The van der Waals surface area contributed by atoms with Crippen molar-refractivity contribution in [2.75, 3.05) is 18.9 Å². The zero-order valence-corrected chi connectivity index (χ0v) is 22.4. The number of imidazole rings is 1. The van der Waals surface area contributed by atoms with E-state index in [2.05, 4.69) is 35.2 Å². The first kappa shape index (κ1) is 27.0. The van der Waals surface area contributed by atoms with E-state index in [1.54, 1.807) is 4.57 Å². The van der Waals surface area contributed by atoms with Gasteiger partial charge in [-0.05, 0) is 37.1 Å². The van der Waals surface area contributed by atoms with Crippen LogP contribution in [-0.4, -0.2) is 75.6 Å². The second kappa shape index (κ2) is 10.3. The van der Waals surface area contributed by atoms with Gasteiger partial charge < -0.3 is 30.2 Å². The normalized spacial score (nSPS) is 18.7. The van der Waals surface area contributed by atoms with Crippen LogP contribution in [0.1, 0.15) is 23.8 Å². The molecule has 17 heteroatoms. The molecular weight excluding hydrogens is 552 g/mol. The van der Waals surface area contributed by atoms with Crippen molar-refractivity contribution < 1.29 is 19.4 Å². The topological polar surface area (TPSA) is 238 Å². The number of hydrogen-bond acceptors (Lipinski definition) is 12. The quantitative estimate of drug-likeness (QED) is 0.157. The first-order valence-corrected chi connectivity index (χ1v) is 13.0. The van der Waals surface area contributed by atoms with Gasteiger partial charge in [-0.3, -0.25) is 24.1 Å². The van der Waals surface area contributed by atoms with Crippen molar-refractivity contribution in [3.63, 3.8) is 0 Å². The van der Waals surface area contributed by atoms with E-state index in [4.69, 9.17) is 15.2 Å². The van der Waals surface area contributed by atoms with E-state index in [1.807, 2.05) is 26.0 Å². The number of fused-ring (bicyclic) bond motifs is 3. The molecule has 6 N–H and O–H groups in total. The lowest BCUT2D eigenvalue weighted by molar-refractivity contribution is -0.0464. The van der Waals surface area contributed by atoms with Crippen molar-refractivity contribution >= 4 is 34.2 Å². The lowest BCUT2D eigenvalue weighted by Crippen LogP contribution is -2.34. The van der Waals surface area contributed by atoms with E-state index in [0.29, 0.717) is 11.0 Å². The second-order valence-corrected chi connectivity index (χ2v) is 9.96. The molecule has 6 rings (SSSR count). The minimum atomic E-state index is -0.971. The van der Waals surface area contributed by atoms with Gasteiger partial charge in [0.15, 0.2) is 22.7 Å². The predicted octanol–water partition coefficient (Wildman–Crippen LogP) is -0.709. The lowest BCUT2D eigenvalue weighted by atomic mass is 10.1. The Balaban J connectivity index is 1.12. The number of nitrogen functional groups attached to an aromatic ring is 1. The van der Waals surface area contributed by atoms with Crippen LogP contribution in [0.5, 0.6) is 0 Å². The number of nitrogens with two attached hydrogens (primary N) is 1. The summed E-state index contributed by atoms with van der Waals surface area (Å²) >= 11 is 0. The van der Waals surface area contributed by atoms with Crippen LogP contribution >= 0.6 is 0 Å². The maximum atomic E-state index is 12.5. The highest BCUT2D eigenvalue weighted by Gasteiger charge is 2.37. The van der Waals surface area contributed by atoms with E-state index < -0.39 is 41.3 Å². The Hall–Kier alpha value is -5.16. The van der Waals surface area contributed by atoms with E-state index in [9.17, 15) is 24.3 Å². The number of nitrogens with one attached hydrogen (secondary N) is 3. The Kier molecular flexibility index (Phi) is 6.66. The van der Waals surface area contributed by atoms with Gasteiger partial charge in [0, 0.05) is 19.5 Å². The molecule has 3 aliphatic heterocycles. The highest BCUT2D eigenvalue weighted by Crippen LogP contribution is 2.30. The van der Waals surface area contributed by atoms with Crippen molar-refractivity contribution in [2.45, 2.75) is 45.2 Å². The molecule has 218 valence electrons. The van der Waals surface area contributed by atoms with E-state index >= 15 is 0 Å². The number of aliphatic hydroxyl groups excluding tert-OH is 1. The number of hydrogen-bond donors (Lipinski definition) is 5. The van der Waals surface area contributed by atoms with Gasteiger partial charge in [-0.25, -0.2) is 19.6 Å². The second-order valence-electron chi connectivity index (χ2n) is 9.96. The highest BCUT2D eigenvalue weighted by atomic mass is 16.6. The Bertz CT molecular complexity index is 1990. The van der Waals surface area contributed by atoms with E-state index in [1.165, 1.54) is 10.9 Å². The number of carbonyl (C=O) groups excluding carboxylic acids is 1. The van der Waals surface area contributed by atoms with Gasteiger partial charge in [0.1, 0.15) is 18.9 Å². The molecule has 2 aromatic heterocycles. The molecule has 1 amide bonds. The van der Waals surface area contributed by atoms with E-state index in [0.717, 1.165) is 11.1 Å². The van der Waals surface area contributed by atoms with Crippen LogP contribution in [-0.2, 0) is 16.0 Å². The Labute approximate surface area is 234 Å². The van der Waals surface area contributed by atoms with Gasteiger partial charge in [-0.15, -0.1) is 0 Å². The average molecular weight is 579 g/mol. The molecule has 0 spiro atoms. The Morgan fingerprint density at radius 3 is 2.76 bits per heavy atom. The third-order valence-electron chi connectivity index (χ3n) is 7.17. The minimum absolute atomic E-state index is 0.00279. The van der Waals surface area contributed by atoms with Crippen LogP contribution in [0.3, 0.4) is 0 Å². The van der Waals surface area contributed by atoms with Gasteiger partial charge in [0.25, 0.3) is 11.1 Å². The monoisotopic (exact) mass is 578 g/mol. The van der Waals surface area contributed by atoms with Gasteiger partial charge >= 0.3 is 11.8 Å². The standard InChI is InChI=1S/C25H26N10O7/c1-10-5-12-13(6-11(10)2)34(20-18(29-12)22(38)33-24(39)31-20)4-3-27-25(40)41-8-15-14(36)7-16(42-15)35-9-28-17-19(35)30-23(26)32-21(17)37/h5-6,9,14-16,36H,3-4,7-8H2,1-2H3,(H,27,40)(H,33,38,39)(H3,26,30,32,37)/t14-,15+,16+/m0/s1. The molecule has 0 aliphatic carbocycles. The molecule has 1 aromatic carbocycles. The Morgan fingerprint density at radius 1 is 1.17 bits per heavy atom. The van der Waals surface area contributed by atoms with Crippen LogP contribution < -0.4 is 27.9 Å². The molecule has 0 saturated carbocycles. The SMILES string of the molecule is Cc1cc2nc3c(=O)[nH]c(=O)nc-3n(CCNC(=O)OC[C@H]3O[C@@H](n4cnc5c(=O)[nH]c(N)nc54)C[C@@H]3O)c2cc1C. The summed E-state index contributed by atoms with van der Waals surface area (Å²) in [6.45, 7) is 3.80. The molecule has 5 heterocycles. The number of aromatic amines is 2. The van der Waals surface area contributed by atoms with Gasteiger partial charge in [-0.2, -0.15) is 9.97 Å². The third-order valence-corrected chi connectivity index (χ3v) is 7.17. The van der Waals surface area contributed by atoms with Crippen LogP contribution in [0, 0.1) is 13.8 Å². The molecule has 1 saturated heterocycles. The summed E-state index contributed by atoms with van der Waals surface area (Å²) in [4.78, 5) is 70.0. The summed E-state index contributed by atoms with van der Waals surface area (Å²) in [6, 6.07) is 3.71. The number of amides is 1. The molecule has 17 nitrogen and oxygen atoms in total. The number of benzene rings is 1. The number of rotatable bonds is 6. The number of aryl methyl sites for hydroxylation is 2. The van der Waals surface area contributed by atoms with Crippen LogP contribution in [0.15, 0.2) is 32.8 Å². The largest absolute Gasteiger partial charge is 0.447 e. The molecule has 3 atom stereocenters. The number of aliphatic hydroxyl groups is 1. The highest BCUT2D eigenvalue weighted by molar-refractivity contribution is 5.81. The van der Waals surface area contributed by atoms with Gasteiger partial charge in [-0.1, -0.05) is 0 Å². The van der Waals surface area contributed by atoms with Crippen molar-refractivity contribution in [3.8, 4) is 11.5 Å². The smallest absolute Gasteiger partial charge is 0.407 e. The predicted molar refractivity (Wildman–Crippen MR) is 147 cm³/mol. The van der Waals surface area contributed by atoms with Gasteiger partial charge in [0.05, 0.1) is 23.5 Å². The Morgan fingerprint density at radius 2 is 1.95 bits per heavy atom. The van der Waals surface area contributed by atoms with Crippen molar-refractivity contribution in [2.24, 2.45) is 0 Å². The number of nitrogens with zero attached hydrogens (tertiary/aromatic N) is 6. The van der Waals surface area contributed by atoms with Crippen LogP contribution in [0.25, 0.3) is 33.7 Å². The summed E-state index contributed by atoms with van der Waals surface area (Å²) in [5, 5.41) is 13.1. The van der Waals surface area contributed by atoms with Gasteiger partial charge in [0.2, 0.25) is 5.95 Å². The van der Waals surface area contributed by atoms with Crippen LogP contribution in [0.2, 0.25) is 0 Å². The van der Waals surface area contributed by atoms with Crippen LogP contribution in [0.4, 0.5) is 10.7 Å². The van der Waals surface area contributed by atoms with E-state index in [-0.39, 0.29) is 54.7 Å². The first-order valence-electron chi connectivity index (χ1n) is 13.0. The number of carbonyl (C=O) groups is 1. The average Bonchev–Trinajstić information content (AvgIpc) is 3.51.